The maximum absolute atomic E-state index is 13.0. The summed E-state index contributed by atoms with van der Waals surface area (Å²) in [5.41, 5.74) is 10.8. The Balaban J connectivity index is 1.63. The first kappa shape index (κ1) is 21.2. The van der Waals surface area contributed by atoms with Crippen LogP contribution in [0.5, 0.6) is 5.75 Å². The Bertz CT molecular complexity index is 1410. The third-order valence-electron chi connectivity index (χ3n) is 5.38. The SMILES string of the molecule is COc1ccc(-c2cc(-c3ccccc3)nc3sc(C(=O)NCc4cccs4)c(N)c23)cc1. The molecule has 5 rings (SSSR count). The second-order valence-electron chi connectivity index (χ2n) is 7.44. The van der Waals surface area contributed by atoms with Crippen LogP contribution in [0.2, 0.25) is 0 Å². The number of nitrogens with one attached hydrogen (secondary N) is 1. The fourth-order valence-corrected chi connectivity index (χ4v) is 5.39. The van der Waals surface area contributed by atoms with Crippen LogP contribution in [-0.2, 0) is 6.54 Å². The van der Waals surface area contributed by atoms with Crippen LogP contribution in [0.3, 0.4) is 0 Å². The summed E-state index contributed by atoms with van der Waals surface area (Å²) in [7, 11) is 1.64. The summed E-state index contributed by atoms with van der Waals surface area (Å²) in [6, 6.07) is 23.8. The molecule has 0 bridgehead atoms. The molecule has 3 heterocycles. The van der Waals surface area contributed by atoms with E-state index < -0.39 is 0 Å². The molecule has 5 nitrogen and oxygen atoms in total. The van der Waals surface area contributed by atoms with E-state index in [1.807, 2.05) is 78.2 Å². The van der Waals surface area contributed by atoms with Gasteiger partial charge in [-0.3, -0.25) is 4.79 Å². The van der Waals surface area contributed by atoms with Gasteiger partial charge < -0.3 is 15.8 Å². The van der Waals surface area contributed by atoms with Gasteiger partial charge in [0.1, 0.15) is 15.5 Å². The van der Waals surface area contributed by atoms with E-state index in [0.29, 0.717) is 17.1 Å². The van der Waals surface area contributed by atoms with Crippen LogP contribution in [0, 0.1) is 0 Å². The average molecular weight is 472 g/mol. The van der Waals surface area contributed by atoms with Gasteiger partial charge in [-0.15, -0.1) is 22.7 Å². The number of thiophene rings is 2. The van der Waals surface area contributed by atoms with Crippen molar-refractivity contribution in [2.45, 2.75) is 6.54 Å². The molecule has 0 spiro atoms. The van der Waals surface area contributed by atoms with Gasteiger partial charge in [-0.05, 0) is 40.8 Å². The number of nitrogens with two attached hydrogens (primary N) is 1. The number of aromatic nitrogens is 1. The topological polar surface area (TPSA) is 77.2 Å². The van der Waals surface area contributed by atoms with Crippen LogP contribution in [-0.4, -0.2) is 18.0 Å². The fraction of sp³-hybridized carbons (Fsp3) is 0.0769. The third-order valence-corrected chi connectivity index (χ3v) is 7.35. The fourth-order valence-electron chi connectivity index (χ4n) is 3.71. The summed E-state index contributed by atoms with van der Waals surface area (Å²) in [5.74, 6) is 0.588. The predicted octanol–water partition coefficient (Wildman–Crippen LogP) is 6.21. The first-order valence-corrected chi connectivity index (χ1v) is 12.1. The number of nitrogen functional groups attached to an aromatic ring is 1. The van der Waals surface area contributed by atoms with Gasteiger partial charge in [0.2, 0.25) is 0 Å². The summed E-state index contributed by atoms with van der Waals surface area (Å²) < 4.78 is 5.32. The summed E-state index contributed by atoms with van der Waals surface area (Å²) >= 11 is 2.93. The summed E-state index contributed by atoms with van der Waals surface area (Å²) in [6.07, 6.45) is 0. The van der Waals surface area contributed by atoms with Crippen LogP contribution in [0.25, 0.3) is 32.6 Å². The van der Waals surface area contributed by atoms with Crippen LogP contribution >= 0.6 is 22.7 Å². The molecule has 0 saturated heterocycles. The minimum Gasteiger partial charge on any atom is -0.497 e. The molecule has 0 radical (unpaired) electrons. The molecule has 0 fully saturated rings. The normalized spacial score (nSPS) is 10.9. The van der Waals surface area contributed by atoms with Crippen molar-refractivity contribution in [3.05, 3.63) is 87.9 Å². The van der Waals surface area contributed by atoms with E-state index in [4.69, 9.17) is 15.5 Å². The van der Waals surface area contributed by atoms with E-state index in [1.54, 1.807) is 18.4 Å². The monoisotopic (exact) mass is 471 g/mol. The van der Waals surface area contributed by atoms with Gasteiger partial charge in [-0.25, -0.2) is 4.98 Å². The highest BCUT2D eigenvalue weighted by molar-refractivity contribution is 7.21. The third kappa shape index (κ3) is 4.20. The maximum atomic E-state index is 13.0. The number of fused-ring (bicyclic) bond motifs is 1. The van der Waals surface area contributed by atoms with E-state index in [0.717, 1.165) is 43.2 Å². The molecule has 164 valence electrons. The first-order chi connectivity index (χ1) is 16.1. The molecule has 0 atom stereocenters. The predicted molar refractivity (Wildman–Crippen MR) is 137 cm³/mol. The Hall–Kier alpha value is -3.68. The molecule has 5 aromatic rings. The quantitative estimate of drug-likeness (QED) is 0.309. The largest absolute Gasteiger partial charge is 0.497 e. The minimum absolute atomic E-state index is 0.189. The van der Waals surface area contributed by atoms with Crippen molar-refractivity contribution in [2.24, 2.45) is 0 Å². The van der Waals surface area contributed by atoms with Gasteiger partial charge in [0, 0.05) is 15.8 Å². The van der Waals surface area contributed by atoms with Gasteiger partial charge in [-0.1, -0.05) is 48.5 Å². The van der Waals surface area contributed by atoms with Gasteiger partial charge in [0.05, 0.1) is 25.0 Å². The van der Waals surface area contributed by atoms with Crippen LogP contribution < -0.4 is 15.8 Å². The molecular weight excluding hydrogens is 450 g/mol. The molecule has 0 saturated carbocycles. The van der Waals surface area contributed by atoms with Crippen LogP contribution in [0.1, 0.15) is 14.5 Å². The van der Waals surface area contributed by atoms with Crippen molar-refractivity contribution in [1.82, 2.24) is 10.3 Å². The lowest BCUT2D eigenvalue weighted by Crippen LogP contribution is -2.22. The van der Waals surface area contributed by atoms with Gasteiger partial charge in [-0.2, -0.15) is 0 Å². The van der Waals surface area contributed by atoms with Gasteiger partial charge >= 0.3 is 0 Å². The highest BCUT2D eigenvalue weighted by Crippen LogP contribution is 2.41. The Morgan fingerprint density at radius 2 is 1.82 bits per heavy atom. The lowest BCUT2D eigenvalue weighted by Gasteiger charge is -2.10. The zero-order chi connectivity index (χ0) is 22.8. The highest BCUT2D eigenvalue weighted by atomic mass is 32.1. The van der Waals surface area contributed by atoms with Crippen molar-refractivity contribution in [3.8, 4) is 28.1 Å². The molecule has 0 unspecified atom stereocenters. The standard InChI is InChI=1S/C26H21N3O2S2/c1-31-18-11-9-16(10-12-18)20-14-21(17-6-3-2-4-7-17)29-26-22(20)23(27)24(33-26)25(30)28-15-19-8-5-13-32-19/h2-14H,15,27H2,1H3,(H,28,30). The van der Waals surface area contributed by atoms with Gasteiger partial charge in [0.15, 0.2) is 0 Å². The second kappa shape index (κ2) is 9.05. The minimum atomic E-state index is -0.189. The van der Waals surface area contributed by atoms with Crippen molar-refractivity contribution >= 4 is 44.5 Å². The first-order valence-electron chi connectivity index (χ1n) is 10.4. The molecule has 1 amide bonds. The van der Waals surface area contributed by atoms with Crippen molar-refractivity contribution < 1.29 is 9.53 Å². The summed E-state index contributed by atoms with van der Waals surface area (Å²) in [6.45, 7) is 0.470. The number of amides is 1. The molecule has 0 aliphatic rings. The van der Waals surface area contributed by atoms with Crippen molar-refractivity contribution in [2.75, 3.05) is 12.8 Å². The Labute approximate surface area is 199 Å². The van der Waals surface area contributed by atoms with E-state index in [-0.39, 0.29) is 5.91 Å². The lowest BCUT2D eigenvalue weighted by atomic mass is 9.99. The van der Waals surface area contributed by atoms with Crippen molar-refractivity contribution in [1.29, 1.82) is 0 Å². The van der Waals surface area contributed by atoms with Crippen LogP contribution in [0.15, 0.2) is 78.2 Å². The Morgan fingerprint density at radius 1 is 1.03 bits per heavy atom. The zero-order valence-electron chi connectivity index (χ0n) is 17.9. The number of carbonyl (C=O) groups is 1. The van der Waals surface area contributed by atoms with E-state index in [2.05, 4.69) is 5.32 Å². The zero-order valence-corrected chi connectivity index (χ0v) is 19.5. The van der Waals surface area contributed by atoms with E-state index in [9.17, 15) is 4.79 Å². The second-order valence-corrected chi connectivity index (χ2v) is 9.47. The molecule has 2 aromatic carbocycles. The molecule has 3 aromatic heterocycles. The molecule has 0 aliphatic carbocycles. The number of carbonyl (C=O) groups excluding carboxylic acids is 1. The Kier molecular flexibility index (Phi) is 5.81. The van der Waals surface area contributed by atoms with Gasteiger partial charge in [0.25, 0.3) is 5.91 Å². The number of nitrogens with zero attached hydrogens (tertiary/aromatic N) is 1. The smallest absolute Gasteiger partial charge is 0.263 e. The lowest BCUT2D eigenvalue weighted by molar-refractivity contribution is 0.0956. The van der Waals surface area contributed by atoms with E-state index in [1.165, 1.54) is 11.3 Å². The van der Waals surface area contributed by atoms with E-state index >= 15 is 0 Å². The number of hydrogen-bond donors (Lipinski definition) is 2. The summed E-state index contributed by atoms with van der Waals surface area (Å²) in [5, 5.41) is 5.77. The number of pyridine rings is 1. The molecular formula is C26H21N3O2S2. The number of hydrogen-bond acceptors (Lipinski definition) is 6. The number of anilines is 1. The van der Waals surface area contributed by atoms with Crippen molar-refractivity contribution in [3.63, 3.8) is 0 Å². The highest BCUT2D eigenvalue weighted by Gasteiger charge is 2.21. The molecule has 0 aliphatic heterocycles. The molecule has 7 heteroatoms. The molecule has 3 N–H and O–H groups in total. The average Bonchev–Trinajstić information content (AvgIpc) is 3.50. The number of benzene rings is 2. The molecule has 33 heavy (non-hydrogen) atoms. The Morgan fingerprint density at radius 3 is 2.52 bits per heavy atom. The number of methoxy groups -OCH3 is 1. The maximum Gasteiger partial charge on any atom is 0.263 e. The summed E-state index contributed by atoms with van der Waals surface area (Å²) in [4.78, 5) is 20.2. The van der Waals surface area contributed by atoms with Crippen LogP contribution in [0.4, 0.5) is 5.69 Å². The number of ether oxygens (including phenoxy) is 1. The number of rotatable bonds is 6.